The molecule has 0 spiro atoms. The summed E-state index contributed by atoms with van der Waals surface area (Å²) in [6, 6.07) is 0. The molecule has 196 valence electrons. The first-order valence-electron chi connectivity index (χ1n) is 13.9. The van der Waals surface area contributed by atoms with Crippen LogP contribution in [0.3, 0.4) is 0 Å². The maximum Gasteiger partial charge on any atom is 0.146 e. The summed E-state index contributed by atoms with van der Waals surface area (Å²) in [5.41, 5.74) is 14.3. The molecule has 0 aromatic rings. The normalized spacial score (nSPS) is 14.6. The SMILES string of the molecule is CC(C)[Si](C#C/C(=C(\C#C[Si](C(C)C)(C(C)C)C(C)C)C(C)(C)C)C(C)(C)C)(C(C)C)C(C)C. The predicted molar refractivity (Wildman–Crippen MR) is 164 cm³/mol. The van der Waals surface area contributed by atoms with Gasteiger partial charge in [-0.1, -0.05) is 136 Å². The molecule has 0 saturated carbocycles. The minimum absolute atomic E-state index is 0.0346. The summed E-state index contributed by atoms with van der Waals surface area (Å²) >= 11 is 0. The molecule has 0 fully saturated rings. The summed E-state index contributed by atoms with van der Waals surface area (Å²) in [4.78, 5) is 0. The van der Waals surface area contributed by atoms with E-state index in [1.54, 1.807) is 0 Å². The Kier molecular flexibility index (Phi) is 11.8. The number of hydrogen-bond acceptors (Lipinski definition) is 0. The van der Waals surface area contributed by atoms with Gasteiger partial charge in [0.05, 0.1) is 0 Å². The van der Waals surface area contributed by atoms with Crippen molar-refractivity contribution in [3.8, 4) is 22.9 Å². The molecule has 2 heteroatoms. The lowest BCUT2D eigenvalue weighted by atomic mass is 9.75. The highest BCUT2D eigenvalue weighted by molar-refractivity contribution is 6.91. The van der Waals surface area contributed by atoms with Gasteiger partial charge in [-0.15, -0.1) is 11.1 Å². The molecular weight excluding hydrogens is 441 g/mol. The number of rotatable bonds is 6. The molecule has 0 rings (SSSR count). The first-order valence-corrected chi connectivity index (χ1v) is 18.4. The summed E-state index contributed by atoms with van der Waals surface area (Å²) in [6.45, 7) is 42.8. The Morgan fingerprint density at radius 3 is 0.706 bits per heavy atom. The maximum atomic E-state index is 4.03. The average Bonchev–Trinajstić information content (AvgIpc) is 2.59. The van der Waals surface area contributed by atoms with Crippen molar-refractivity contribution in [1.82, 2.24) is 0 Å². The van der Waals surface area contributed by atoms with Gasteiger partial charge in [0.1, 0.15) is 16.1 Å². The van der Waals surface area contributed by atoms with E-state index in [0.717, 1.165) is 0 Å². The van der Waals surface area contributed by atoms with Crippen LogP contribution in [0, 0.1) is 33.8 Å². The van der Waals surface area contributed by atoms with Crippen LogP contribution in [-0.4, -0.2) is 16.1 Å². The van der Waals surface area contributed by atoms with Gasteiger partial charge in [0.25, 0.3) is 0 Å². The fraction of sp³-hybridized carbons (Fsp3) is 0.812. The maximum absolute atomic E-state index is 4.03. The zero-order valence-electron chi connectivity index (χ0n) is 26.5. The van der Waals surface area contributed by atoms with Crippen LogP contribution in [0.15, 0.2) is 11.1 Å². The van der Waals surface area contributed by atoms with Crippen molar-refractivity contribution in [3.05, 3.63) is 11.1 Å². The smallest absolute Gasteiger partial charge is 0.125 e. The largest absolute Gasteiger partial charge is 0.146 e. The third-order valence-electron chi connectivity index (χ3n) is 8.29. The molecule has 0 aliphatic carbocycles. The van der Waals surface area contributed by atoms with E-state index in [1.165, 1.54) is 11.1 Å². The van der Waals surface area contributed by atoms with Gasteiger partial charge in [0, 0.05) is 11.1 Å². The zero-order valence-corrected chi connectivity index (χ0v) is 28.5. The third-order valence-corrected chi connectivity index (χ3v) is 20.9. The first-order chi connectivity index (χ1) is 15.1. The molecule has 0 aromatic carbocycles. The molecule has 0 amide bonds. The van der Waals surface area contributed by atoms with E-state index in [-0.39, 0.29) is 10.8 Å². The Bertz CT molecular complexity index is 699. The summed E-state index contributed by atoms with van der Waals surface area (Å²) in [7, 11) is -3.64. The van der Waals surface area contributed by atoms with E-state index in [9.17, 15) is 0 Å². The summed E-state index contributed by atoms with van der Waals surface area (Å²) in [5, 5.41) is 0. The summed E-state index contributed by atoms with van der Waals surface area (Å²) < 4.78 is 0. The number of allylic oxidation sites excluding steroid dienone is 2. The van der Waals surface area contributed by atoms with E-state index >= 15 is 0 Å². The highest BCUT2D eigenvalue weighted by atomic mass is 28.3. The number of hydrogen-bond donors (Lipinski definition) is 0. The Labute approximate surface area is 218 Å². The Hall–Kier alpha value is -0.706. The minimum Gasteiger partial charge on any atom is -0.125 e. The highest BCUT2D eigenvalue weighted by Crippen LogP contribution is 2.43. The van der Waals surface area contributed by atoms with Crippen LogP contribution < -0.4 is 0 Å². The quantitative estimate of drug-likeness (QED) is 0.251. The molecule has 34 heavy (non-hydrogen) atoms. The van der Waals surface area contributed by atoms with E-state index in [4.69, 9.17) is 0 Å². The van der Waals surface area contributed by atoms with Crippen LogP contribution in [0.1, 0.15) is 125 Å². The van der Waals surface area contributed by atoms with Crippen LogP contribution >= 0.6 is 0 Å². The van der Waals surface area contributed by atoms with Gasteiger partial charge >= 0.3 is 0 Å². The average molecular weight is 501 g/mol. The molecule has 0 unspecified atom stereocenters. The Morgan fingerprint density at radius 2 is 0.588 bits per heavy atom. The van der Waals surface area contributed by atoms with Crippen molar-refractivity contribution in [1.29, 1.82) is 0 Å². The zero-order chi connectivity index (χ0) is 27.4. The molecule has 0 saturated heterocycles. The lowest BCUT2D eigenvalue weighted by molar-refractivity contribution is 0.469. The second-order valence-corrected chi connectivity index (χ2v) is 25.7. The van der Waals surface area contributed by atoms with E-state index in [2.05, 4.69) is 148 Å². The topological polar surface area (TPSA) is 0 Å². The van der Waals surface area contributed by atoms with Crippen LogP contribution in [0.4, 0.5) is 0 Å². The van der Waals surface area contributed by atoms with E-state index < -0.39 is 16.1 Å². The fourth-order valence-corrected chi connectivity index (χ4v) is 16.9. The molecule has 0 aromatic heterocycles. The summed E-state index contributed by atoms with van der Waals surface area (Å²) in [5.74, 6) is 7.76. The summed E-state index contributed by atoms with van der Waals surface area (Å²) in [6.07, 6.45) is 0. The third kappa shape index (κ3) is 7.17. The van der Waals surface area contributed by atoms with Crippen LogP contribution in [-0.2, 0) is 0 Å². The monoisotopic (exact) mass is 500 g/mol. The molecule has 0 bridgehead atoms. The van der Waals surface area contributed by atoms with Gasteiger partial charge in [-0.2, -0.15) is 0 Å². The second-order valence-electron chi connectivity index (χ2n) is 14.5. The fourth-order valence-electron chi connectivity index (χ4n) is 6.46. The lowest BCUT2D eigenvalue weighted by Gasteiger charge is -2.39. The van der Waals surface area contributed by atoms with Crippen molar-refractivity contribution in [2.45, 2.75) is 158 Å². The van der Waals surface area contributed by atoms with Crippen molar-refractivity contribution in [3.63, 3.8) is 0 Å². The predicted octanol–water partition coefficient (Wildman–Crippen LogP) is 10.8. The minimum atomic E-state index is -1.82. The molecule has 0 heterocycles. The van der Waals surface area contributed by atoms with Crippen LogP contribution in [0.5, 0.6) is 0 Å². The van der Waals surface area contributed by atoms with Crippen molar-refractivity contribution in [2.75, 3.05) is 0 Å². The van der Waals surface area contributed by atoms with Gasteiger partial charge in [-0.25, -0.2) is 0 Å². The molecule has 0 N–H and O–H groups in total. The van der Waals surface area contributed by atoms with Crippen LogP contribution in [0.25, 0.3) is 0 Å². The van der Waals surface area contributed by atoms with Gasteiger partial charge in [0.2, 0.25) is 0 Å². The Morgan fingerprint density at radius 1 is 0.412 bits per heavy atom. The second kappa shape index (κ2) is 12.0. The molecule has 0 atom stereocenters. The van der Waals surface area contributed by atoms with Crippen molar-refractivity contribution in [2.24, 2.45) is 10.8 Å². The van der Waals surface area contributed by atoms with Crippen molar-refractivity contribution < 1.29 is 0 Å². The first kappa shape index (κ1) is 33.3. The standard InChI is InChI=1S/C32H60Si2/c1-23(2)33(24(3)4,25(5)6)21-19-29(31(13,14)15)30(32(16,17)18)20-22-34(26(7)8,27(9)10)28(11)12/h23-28H,1-18H3/b30-29-. The van der Waals surface area contributed by atoms with E-state index in [1.807, 2.05) is 0 Å². The van der Waals surface area contributed by atoms with Crippen LogP contribution in [0.2, 0.25) is 33.2 Å². The van der Waals surface area contributed by atoms with Gasteiger partial charge in [-0.05, 0) is 44.1 Å². The van der Waals surface area contributed by atoms with E-state index in [0.29, 0.717) is 33.2 Å². The van der Waals surface area contributed by atoms with Crippen molar-refractivity contribution >= 4 is 16.1 Å². The van der Waals surface area contributed by atoms with Gasteiger partial charge in [0.15, 0.2) is 0 Å². The van der Waals surface area contributed by atoms with Gasteiger partial charge in [-0.3, -0.25) is 0 Å². The molecule has 0 radical (unpaired) electrons. The highest BCUT2D eigenvalue weighted by Gasteiger charge is 2.43. The molecule has 0 aliphatic rings. The van der Waals surface area contributed by atoms with Gasteiger partial charge < -0.3 is 0 Å². The lowest BCUT2D eigenvalue weighted by Crippen LogP contribution is -2.43. The Balaban J connectivity index is 7.58. The molecular formula is C32H60Si2. The molecule has 0 aliphatic heterocycles. The molecule has 0 nitrogen and oxygen atoms in total.